The van der Waals surface area contributed by atoms with Crippen molar-refractivity contribution in [3.8, 4) is 0 Å². The van der Waals surface area contributed by atoms with Crippen molar-refractivity contribution in [3.63, 3.8) is 0 Å². The molecule has 0 unspecified atom stereocenters. The smallest absolute Gasteiger partial charge is 0.324 e. The average Bonchev–Trinajstić information content (AvgIpc) is 2.94. The van der Waals surface area contributed by atoms with Crippen molar-refractivity contribution in [1.29, 1.82) is 0 Å². The van der Waals surface area contributed by atoms with E-state index in [0.717, 1.165) is 12.8 Å². The van der Waals surface area contributed by atoms with Gasteiger partial charge in [0.15, 0.2) is 0 Å². The van der Waals surface area contributed by atoms with Crippen molar-refractivity contribution in [2.75, 3.05) is 18.4 Å². The number of likely N-dealkylation sites (tertiary alicyclic amines) is 1. The monoisotopic (exact) mass is 289 g/mol. The fourth-order valence-electron chi connectivity index (χ4n) is 2.42. The summed E-state index contributed by atoms with van der Waals surface area (Å²) in [5, 5.41) is 8.83. The van der Waals surface area contributed by atoms with Gasteiger partial charge in [0.05, 0.1) is 0 Å². The number of anilines is 1. The summed E-state index contributed by atoms with van der Waals surface area (Å²) in [5.74, 6) is 0.475. The Bertz CT molecular complexity index is 658. The molecule has 0 atom stereocenters. The summed E-state index contributed by atoms with van der Waals surface area (Å²) in [6, 6.07) is 1.53. The van der Waals surface area contributed by atoms with Crippen LogP contribution in [0.3, 0.4) is 0 Å². The number of aromatic nitrogens is 5. The van der Waals surface area contributed by atoms with Gasteiger partial charge in [-0.25, -0.2) is 24.7 Å². The molecule has 110 valence electrons. The first kappa shape index (κ1) is 13.3. The molecule has 3 heterocycles. The predicted molar refractivity (Wildman–Crippen MR) is 73.7 cm³/mol. The van der Waals surface area contributed by atoms with Gasteiger partial charge in [-0.15, -0.1) is 0 Å². The number of nitrogens with one attached hydrogen (secondary N) is 2. The zero-order valence-corrected chi connectivity index (χ0v) is 11.3. The molecule has 0 spiro atoms. The maximum Gasteiger partial charge on any atom is 0.343 e. The highest BCUT2D eigenvalue weighted by Gasteiger charge is 2.24. The summed E-state index contributed by atoms with van der Waals surface area (Å²) >= 11 is 0. The van der Waals surface area contributed by atoms with Gasteiger partial charge in [0.1, 0.15) is 18.5 Å². The van der Waals surface area contributed by atoms with Gasteiger partial charge in [0.25, 0.3) is 0 Å². The highest BCUT2D eigenvalue weighted by molar-refractivity contribution is 5.88. The SMILES string of the molecule is O=C(Nc1ccncn1)N1CCC(n2cn[nH]c2=O)CC1. The summed E-state index contributed by atoms with van der Waals surface area (Å²) in [6.07, 6.45) is 5.89. The molecule has 0 bridgehead atoms. The minimum Gasteiger partial charge on any atom is -0.324 e. The van der Waals surface area contributed by atoms with Crippen LogP contribution in [0.1, 0.15) is 18.9 Å². The topological polar surface area (TPSA) is 109 Å². The molecule has 0 radical (unpaired) electrons. The second-order valence-electron chi connectivity index (χ2n) is 4.81. The van der Waals surface area contributed by atoms with E-state index in [0.29, 0.717) is 18.9 Å². The molecule has 2 aromatic rings. The van der Waals surface area contributed by atoms with E-state index < -0.39 is 0 Å². The number of urea groups is 1. The van der Waals surface area contributed by atoms with Crippen molar-refractivity contribution in [1.82, 2.24) is 29.6 Å². The molecular formula is C12H15N7O2. The van der Waals surface area contributed by atoms with Crippen molar-refractivity contribution in [2.24, 2.45) is 0 Å². The maximum atomic E-state index is 12.1. The molecule has 1 saturated heterocycles. The van der Waals surface area contributed by atoms with Crippen LogP contribution in [-0.4, -0.2) is 48.8 Å². The van der Waals surface area contributed by atoms with Crippen LogP contribution >= 0.6 is 0 Å². The lowest BCUT2D eigenvalue weighted by Gasteiger charge is -2.31. The number of hydrogen-bond donors (Lipinski definition) is 2. The first-order valence-electron chi connectivity index (χ1n) is 6.67. The van der Waals surface area contributed by atoms with E-state index in [4.69, 9.17) is 0 Å². The minimum absolute atomic E-state index is 0.0827. The fourth-order valence-corrected chi connectivity index (χ4v) is 2.42. The Balaban J connectivity index is 1.57. The van der Waals surface area contributed by atoms with E-state index in [1.807, 2.05) is 0 Å². The second kappa shape index (κ2) is 5.73. The van der Waals surface area contributed by atoms with Gasteiger partial charge in [-0.3, -0.25) is 9.88 Å². The van der Waals surface area contributed by atoms with Crippen LogP contribution in [0, 0.1) is 0 Å². The number of aromatic amines is 1. The first-order valence-corrected chi connectivity index (χ1v) is 6.67. The molecule has 21 heavy (non-hydrogen) atoms. The van der Waals surface area contributed by atoms with Crippen LogP contribution in [0.2, 0.25) is 0 Å². The second-order valence-corrected chi connectivity index (χ2v) is 4.81. The summed E-state index contributed by atoms with van der Waals surface area (Å²) in [4.78, 5) is 33.1. The Morgan fingerprint density at radius 1 is 1.38 bits per heavy atom. The predicted octanol–water partition coefficient (Wildman–Crippen LogP) is 0.230. The highest BCUT2D eigenvalue weighted by atomic mass is 16.2. The van der Waals surface area contributed by atoms with Gasteiger partial charge in [0, 0.05) is 25.3 Å². The van der Waals surface area contributed by atoms with Gasteiger partial charge >= 0.3 is 11.7 Å². The average molecular weight is 289 g/mol. The molecule has 0 aliphatic carbocycles. The number of piperidine rings is 1. The normalized spacial score (nSPS) is 15.9. The fraction of sp³-hybridized carbons (Fsp3) is 0.417. The van der Waals surface area contributed by atoms with E-state index in [-0.39, 0.29) is 17.8 Å². The van der Waals surface area contributed by atoms with Gasteiger partial charge < -0.3 is 4.90 Å². The van der Waals surface area contributed by atoms with E-state index in [1.165, 1.54) is 12.7 Å². The molecule has 1 aliphatic rings. The van der Waals surface area contributed by atoms with Crippen LogP contribution in [-0.2, 0) is 0 Å². The first-order chi connectivity index (χ1) is 10.2. The summed E-state index contributed by atoms with van der Waals surface area (Å²) in [7, 11) is 0. The molecule has 9 nitrogen and oxygen atoms in total. The summed E-state index contributed by atoms with van der Waals surface area (Å²) < 4.78 is 1.58. The number of rotatable bonds is 2. The van der Waals surface area contributed by atoms with Crippen LogP contribution in [0.4, 0.5) is 10.6 Å². The zero-order valence-electron chi connectivity index (χ0n) is 11.3. The number of hydrogen-bond acceptors (Lipinski definition) is 5. The third-order valence-corrected chi connectivity index (χ3v) is 3.54. The summed E-state index contributed by atoms with van der Waals surface area (Å²) in [6.45, 7) is 1.17. The Kier molecular flexibility index (Phi) is 3.63. The van der Waals surface area contributed by atoms with Gasteiger partial charge in [-0.1, -0.05) is 0 Å². The van der Waals surface area contributed by atoms with Gasteiger partial charge in [-0.2, -0.15) is 5.10 Å². The molecule has 0 saturated carbocycles. The Morgan fingerprint density at radius 2 is 2.19 bits per heavy atom. The van der Waals surface area contributed by atoms with Crippen LogP contribution < -0.4 is 11.0 Å². The Morgan fingerprint density at radius 3 is 2.81 bits per heavy atom. The van der Waals surface area contributed by atoms with E-state index in [1.54, 1.807) is 21.7 Å². The van der Waals surface area contributed by atoms with Gasteiger partial charge in [-0.05, 0) is 18.9 Å². The Hall–Kier alpha value is -2.71. The van der Waals surface area contributed by atoms with Crippen LogP contribution in [0.5, 0.6) is 0 Å². The van der Waals surface area contributed by atoms with Crippen LogP contribution in [0.15, 0.2) is 29.7 Å². The number of carbonyl (C=O) groups excluding carboxylic acids is 1. The molecule has 1 fully saturated rings. The van der Waals surface area contributed by atoms with Gasteiger partial charge in [0.2, 0.25) is 0 Å². The minimum atomic E-state index is -0.209. The van der Waals surface area contributed by atoms with Crippen molar-refractivity contribution in [3.05, 3.63) is 35.4 Å². The van der Waals surface area contributed by atoms with Crippen molar-refractivity contribution >= 4 is 11.8 Å². The molecule has 3 rings (SSSR count). The number of carbonyl (C=O) groups is 1. The lowest BCUT2D eigenvalue weighted by molar-refractivity contribution is 0.183. The summed E-state index contributed by atoms with van der Waals surface area (Å²) in [5.41, 5.74) is -0.209. The van der Waals surface area contributed by atoms with Crippen molar-refractivity contribution in [2.45, 2.75) is 18.9 Å². The molecule has 2 N–H and O–H groups in total. The Labute approximate surface area is 120 Å². The lowest BCUT2D eigenvalue weighted by Crippen LogP contribution is -2.42. The molecule has 9 heteroatoms. The third-order valence-electron chi connectivity index (χ3n) is 3.54. The zero-order chi connectivity index (χ0) is 14.7. The largest absolute Gasteiger partial charge is 0.343 e. The van der Waals surface area contributed by atoms with E-state index >= 15 is 0 Å². The lowest BCUT2D eigenvalue weighted by atomic mass is 10.1. The molecule has 1 aliphatic heterocycles. The molecule has 2 aromatic heterocycles. The van der Waals surface area contributed by atoms with Crippen LogP contribution in [0.25, 0.3) is 0 Å². The third kappa shape index (κ3) is 2.91. The molecule has 0 aromatic carbocycles. The van der Waals surface area contributed by atoms with E-state index in [9.17, 15) is 9.59 Å². The number of H-pyrrole nitrogens is 1. The highest BCUT2D eigenvalue weighted by Crippen LogP contribution is 2.20. The quantitative estimate of drug-likeness (QED) is 0.822. The maximum absolute atomic E-state index is 12.1. The molecular weight excluding hydrogens is 274 g/mol. The number of nitrogens with zero attached hydrogens (tertiary/aromatic N) is 5. The molecule has 2 amide bonds. The number of amides is 2. The van der Waals surface area contributed by atoms with E-state index in [2.05, 4.69) is 25.5 Å². The standard InChI is InChI=1S/C12H15N7O2/c20-11(16-10-1-4-13-7-14-10)18-5-2-9(3-6-18)19-8-15-17-12(19)21/h1,4,7-9H,2-3,5-6H2,(H,17,21)(H,13,14,16,20). The van der Waals surface area contributed by atoms with Crippen molar-refractivity contribution < 1.29 is 4.79 Å².